The van der Waals surface area contributed by atoms with Crippen molar-refractivity contribution in [2.24, 2.45) is 0 Å². The van der Waals surface area contributed by atoms with Gasteiger partial charge in [-0.25, -0.2) is 17.5 Å². The highest BCUT2D eigenvalue weighted by Crippen LogP contribution is 2.28. The van der Waals surface area contributed by atoms with Gasteiger partial charge in [-0.1, -0.05) is 11.6 Å². The molecule has 1 aromatic rings. The fraction of sp³-hybridized carbons (Fsp3) is 0.538. The molecular formula is C13H17ClFNO4S. The van der Waals surface area contributed by atoms with Crippen molar-refractivity contribution in [2.75, 3.05) is 6.61 Å². The summed E-state index contributed by atoms with van der Waals surface area (Å²) in [6.45, 7) is 1.83. The molecule has 1 aliphatic rings. The van der Waals surface area contributed by atoms with E-state index in [4.69, 9.17) is 21.4 Å². The maximum atomic E-state index is 14.1. The van der Waals surface area contributed by atoms with E-state index in [1.54, 1.807) is 0 Å². The number of benzene rings is 1. The molecule has 21 heavy (non-hydrogen) atoms. The van der Waals surface area contributed by atoms with Crippen molar-refractivity contribution in [1.29, 1.82) is 0 Å². The summed E-state index contributed by atoms with van der Waals surface area (Å²) in [4.78, 5) is -0.543. The van der Waals surface area contributed by atoms with Crippen molar-refractivity contribution in [2.45, 2.75) is 43.4 Å². The molecule has 0 aromatic heterocycles. The Morgan fingerprint density at radius 2 is 2.14 bits per heavy atom. The van der Waals surface area contributed by atoms with Crippen LogP contribution in [-0.4, -0.2) is 32.3 Å². The Labute approximate surface area is 128 Å². The first-order valence-corrected chi connectivity index (χ1v) is 8.46. The zero-order chi connectivity index (χ0) is 15.6. The molecule has 0 unspecified atom stereocenters. The Bertz CT molecular complexity index is 617. The number of aliphatic hydroxyl groups excluding tert-OH is 1. The van der Waals surface area contributed by atoms with Crippen LogP contribution in [0.5, 0.6) is 0 Å². The van der Waals surface area contributed by atoms with Crippen LogP contribution >= 0.6 is 11.6 Å². The average molecular weight is 338 g/mol. The topological polar surface area (TPSA) is 75.6 Å². The Hall–Kier alpha value is -0.730. The third-order valence-electron chi connectivity index (χ3n) is 3.36. The van der Waals surface area contributed by atoms with Crippen molar-refractivity contribution < 1.29 is 22.7 Å². The van der Waals surface area contributed by atoms with Gasteiger partial charge in [0.2, 0.25) is 10.0 Å². The van der Waals surface area contributed by atoms with Gasteiger partial charge in [0, 0.05) is 23.2 Å². The van der Waals surface area contributed by atoms with E-state index in [0.29, 0.717) is 19.4 Å². The summed E-state index contributed by atoms with van der Waals surface area (Å²) in [7, 11) is -4.02. The van der Waals surface area contributed by atoms with Crippen molar-refractivity contribution in [1.82, 2.24) is 4.72 Å². The largest absolute Gasteiger partial charge is 0.392 e. The van der Waals surface area contributed by atoms with Crippen LogP contribution in [0.15, 0.2) is 17.0 Å². The van der Waals surface area contributed by atoms with E-state index in [2.05, 4.69) is 4.72 Å². The lowest BCUT2D eigenvalue weighted by atomic mass is 9.90. The molecule has 2 N–H and O–H groups in total. The molecule has 118 valence electrons. The first-order valence-electron chi connectivity index (χ1n) is 6.60. The molecule has 0 atom stereocenters. The van der Waals surface area contributed by atoms with Crippen LogP contribution in [0, 0.1) is 5.82 Å². The van der Waals surface area contributed by atoms with E-state index in [1.165, 1.54) is 6.07 Å². The SMILES string of the molecule is CCOC1CC(NS(=O)(=O)c2cc(Cl)cc(CO)c2F)C1. The lowest BCUT2D eigenvalue weighted by molar-refractivity contribution is -0.00476. The molecule has 1 saturated carbocycles. The number of hydrogen-bond donors (Lipinski definition) is 2. The summed E-state index contributed by atoms with van der Waals surface area (Å²) in [6.07, 6.45) is 1.16. The third-order valence-corrected chi connectivity index (χ3v) is 5.10. The summed E-state index contributed by atoms with van der Waals surface area (Å²) in [5.74, 6) is -0.977. The summed E-state index contributed by atoms with van der Waals surface area (Å²) in [5, 5.41) is 9.09. The van der Waals surface area contributed by atoms with E-state index in [9.17, 15) is 12.8 Å². The third kappa shape index (κ3) is 3.73. The van der Waals surface area contributed by atoms with Gasteiger partial charge in [-0.3, -0.25) is 0 Å². The Morgan fingerprint density at radius 3 is 2.71 bits per heavy atom. The van der Waals surface area contributed by atoms with Gasteiger partial charge >= 0.3 is 0 Å². The van der Waals surface area contributed by atoms with Crippen LogP contribution in [0.2, 0.25) is 5.02 Å². The number of aliphatic hydroxyl groups is 1. The minimum Gasteiger partial charge on any atom is -0.392 e. The van der Waals surface area contributed by atoms with Crippen LogP contribution in [0.3, 0.4) is 0 Å². The van der Waals surface area contributed by atoms with Crippen LogP contribution in [0.4, 0.5) is 4.39 Å². The summed E-state index contributed by atoms with van der Waals surface area (Å²) in [6, 6.07) is 1.96. The molecule has 5 nitrogen and oxygen atoms in total. The minimum absolute atomic E-state index is 0.0416. The van der Waals surface area contributed by atoms with Gasteiger partial charge in [0.15, 0.2) is 0 Å². The van der Waals surface area contributed by atoms with E-state index in [1.807, 2.05) is 6.92 Å². The zero-order valence-corrected chi connectivity index (χ0v) is 13.0. The molecule has 0 bridgehead atoms. The lowest BCUT2D eigenvalue weighted by Gasteiger charge is -2.35. The monoisotopic (exact) mass is 337 g/mol. The van der Waals surface area contributed by atoms with Crippen LogP contribution in [0.1, 0.15) is 25.3 Å². The molecule has 1 fully saturated rings. The highest BCUT2D eigenvalue weighted by Gasteiger charge is 2.34. The maximum absolute atomic E-state index is 14.1. The number of hydrogen-bond acceptors (Lipinski definition) is 4. The van der Waals surface area contributed by atoms with E-state index in [0.717, 1.165) is 6.07 Å². The Kier molecular flexibility index (Phi) is 5.21. The maximum Gasteiger partial charge on any atom is 0.243 e. The van der Waals surface area contributed by atoms with Crippen LogP contribution in [-0.2, 0) is 21.4 Å². The first-order chi connectivity index (χ1) is 9.87. The van der Waals surface area contributed by atoms with Crippen molar-refractivity contribution in [3.63, 3.8) is 0 Å². The fourth-order valence-corrected chi connectivity index (χ4v) is 3.96. The van der Waals surface area contributed by atoms with E-state index >= 15 is 0 Å². The lowest BCUT2D eigenvalue weighted by Crippen LogP contribution is -2.47. The van der Waals surface area contributed by atoms with Crippen molar-refractivity contribution >= 4 is 21.6 Å². The number of ether oxygens (including phenoxy) is 1. The second-order valence-corrected chi connectivity index (χ2v) is 7.02. The predicted octanol–water partition coefficient (Wildman–Crippen LogP) is 1.82. The number of rotatable bonds is 6. The van der Waals surface area contributed by atoms with Gasteiger partial charge in [0.1, 0.15) is 10.7 Å². The molecule has 1 aromatic carbocycles. The highest BCUT2D eigenvalue weighted by molar-refractivity contribution is 7.89. The average Bonchev–Trinajstić information content (AvgIpc) is 2.38. The second kappa shape index (κ2) is 6.58. The molecule has 0 amide bonds. The summed E-state index contributed by atoms with van der Waals surface area (Å²) in [5.41, 5.74) is -0.149. The number of nitrogens with one attached hydrogen (secondary N) is 1. The minimum atomic E-state index is -4.02. The molecule has 0 saturated heterocycles. The van der Waals surface area contributed by atoms with Gasteiger partial charge in [-0.2, -0.15) is 0 Å². The number of halogens is 2. The molecule has 8 heteroatoms. The standard InChI is InChI=1S/C13H17ClFNO4S/c1-2-20-11-5-10(6-11)16-21(18,19)12-4-9(14)3-8(7-17)13(12)15/h3-4,10-11,16-17H,2,5-7H2,1H3. The molecular weight excluding hydrogens is 321 g/mol. The van der Waals surface area contributed by atoms with Crippen LogP contribution in [0.25, 0.3) is 0 Å². The highest BCUT2D eigenvalue weighted by atomic mass is 35.5. The molecule has 0 spiro atoms. The molecule has 0 radical (unpaired) electrons. The van der Waals surface area contributed by atoms with Gasteiger partial charge in [0.25, 0.3) is 0 Å². The summed E-state index contributed by atoms with van der Waals surface area (Å²) >= 11 is 5.77. The molecule has 1 aliphatic carbocycles. The predicted molar refractivity (Wildman–Crippen MR) is 76.1 cm³/mol. The zero-order valence-electron chi connectivity index (χ0n) is 11.5. The Morgan fingerprint density at radius 1 is 1.48 bits per heavy atom. The van der Waals surface area contributed by atoms with Crippen molar-refractivity contribution in [3.05, 3.63) is 28.5 Å². The second-order valence-electron chi connectivity index (χ2n) is 4.90. The molecule has 0 aliphatic heterocycles. The van der Waals surface area contributed by atoms with E-state index < -0.39 is 27.3 Å². The fourth-order valence-electron chi connectivity index (χ4n) is 2.25. The molecule has 2 rings (SSSR count). The van der Waals surface area contributed by atoms with Gasteiger partial charge in [-0.05, 0) is 31.9 Å². The molecule has 0 heterocycles. The van der Waals surface area contributed by atoms with E-state index in [-0.39, 0.29) is 22.7 Å². The quantitative estimate of drug-likeness (QED) is 0.830. The Balaban J connectivity index is 2.15. The smallest absolute Gasteiger partial charge is 0.243 e. The van der Waals surface area contributed by atoms with Gasteiger partial charge in [-0.15, -0.1) is 0 Å². The van der Waals surface area contributed by atoms with Gasteiger partial charge in [0.05, 0.1) is 12.7 Å². The normalized spacial score (nSPS) is 22.1. The van der Waals surface area contributed by atoms with Crippen molar-refractivity contribution in [3.8, 4) is 0 Å². The first kappa shape index (κ1) is 16.6. The van der Waals surface area contributed by atoms with Gasteiger partial charge < -0.3 is 9.84 Å². The summed E-state index contributed by atoms with van der Waals surface area (Å²) < 4.78 is 46.2. The number of sulfonamides is 1. The van der Waals surface area contributed by atoms with Crippen LogP contribution < -0.4 is 4.72 Å².